The minimum absolute atomic E-state index is 0.257. The van der Waals surface area contributed by atoms with Crippen molar-refractivity contribution in [1.82, 2.24) is 5.01 Å². The van der Waals surface area contributed by atoms with Gasteiger partial charge in [0.05, 0.1) is 6.21 Å². The summed E-state index contributed by atoms with van der Waals surface area (Å²) >= 11 is 4.72. The molecule has 0 saturated heterocycles. The highest BCUT2D eigenvalue weighted by molar-refractivity contribution is 7.80. The summed E-state index contributed by atoms with van der Waals surface area (Å²) in [6.07, 6.45) is 1.71. The molecule has 0 bridgehead atoms. The number of nitrogens with zero attached hydrogens (tertiary/aromatic N) is 2. The van der Waals surface area contributed by atoms with Gasteiger partial charge in [0, 0.05) is 7.05 Å². The smallest absolute Gasteiger partial charge is 0.186 e. The highest BCUT2D eigenvalue weighted by atomic mass is 32.1. The van der Waals surface area contributed by atoms with Crippen molar-refractivity contribution in [2.24, 2.45) is 10.8 Å². The van der Waals surface area contributed by atoms with E-state index in [0.717, 1.165) is 5.56 Å². The predicted molar refractivity (Wildman–Crippen MR) is 58.6 cm³/mol. The van der Waals surface area contributed by atoms with Gasteiger partial charge in [-0.2, -0.15) is 5.10 Å². The van der Waals surface area contributed by atoms with Crippen molar-refractivity contribution < 1.29 is 0 Å². The molecule has 2 N–H and O–H groups in total. The maximum absolute atomic E-state index is 5.34. The van der Waals surface area contributed by atoms with Gasteiger partial charge in [0.1, 0.15) is 0 Å². The second-order valence-corrected chi connectivity index (χ2v) is 2.94. The second-order valence-electron chi connectivity index (χ2n) is 2.52. The Kier molecular flexibility index (Phi) is 3.40. The van der Waals surface area contributed by atoms with E-state index in [9.17, 15) is 0 Å². The van der Waals surface area contributed by atoms with Crippen molar-refractivity contribution in [3.63, 3.8) is 0 Å². The molecule has 1 rings (SSSR count). The lowest BCUT2D eigenvalue weighted by Gasteiger charge is -2.08. The van der Waals surface area contributed by atoms with Crippen LogP contribution >= 0.6 is 12.2 Å². The third kappa shape index (κ3) is 3.21. The minimum Gasteiger partial charge on any atom is -0.375 e. The van der Waals surface area contributed by atoms with Crippen molar-refractivity contribution in [3.05, 3.63) is 35.9 Å². The van der Waals surface area contributed by atoms with Crippen LogP contribution in [0.3, 0.4) is 0 Å². The summed E-state index contributed by atoms with van der Waals surface area (Å²) in [5.74, 6) is 0. The maximum atomic E-state index is 5.34. The van der Waals surface area contributed by atoms with Gasteiger partial charge in [-0.3, -0.25) is 0 Å². The summed E-state index contributed by atoms with van der Waals surface area (Å²) in [5.41, 5.74) is 6.36. The molecule has 0 unspecified atom stereocenters. The lowest BCUT2D eigenvalue weighted by Crippen LogP contribution is -2.27. The number of benzene rings is 1. The van der Waals surface area contributed by atoms with Gasteiger partial charge in [0.2, 0.25) is 0 Å². The Morgan fingerprint density at radius 3 is 2.62 bits per heavy atom. The van der Waals surface area contributed by atoms with E-state index >= 15 is 0 Å². The van der Waals surface area contributed by atoms with Crippen LogP contribution in [-0.2, 0) is 0 Å². The topological polar surface area (TPSA) is 41.6 Å². The molecule has 13 heavy (non-hydrogen) atoms. The first kappa shape index (κ1) is 9.67. The standard InChI is InChI=1S/C9H11N3S/c1-12(9(10)13)11-7-8-5-3-2-4-6-8/h2-7H,1H3,(H2,10,13)/b11-7+. The minimum atomic E-state index is 0.257. The van der Waals surface area contributed by atoms with Crippen LogP contribution in [0.5, 0.6) is 0 Å². The number of hydrogen-bond acceptors (Lipinski definition) is 2. The van der Waals surface area contributed by atoms with Gasteiger partial charge in [0.15, 0.2) is 5.11 Å². The summed E-state index contributed by atoms with van der Waals surface area (Å²) in [7, 11) is 1.71. The molecule has 0 fully saturated rings. The molecular formula is C9H11N3S. The van der Waals surface area contributed by atoms with Crippen LogP contribution in [0.2, 0.25) is 0 Å². The van der Waals surface area contributed by atoms with Gasteiger partial charge in [-0.1, -0.05) is 30.3 Å². The Morgan fingerprint density at radius 1 is 1.46 bits per heavy atom. The van der Waals surface area contributed by atoms with Crippen molar-refractivity contribution in [1.29, 1.82) is 0 Å². The van der Waals surface area contributed by atoms with Gasteiger partial charge in [-0.25, -0.2) is 5.01 Å². The van der Waals surface area contributed by atoms with Crippen LogP contribution in [-0.4, -0.2) is 23.4 Å². The molecule has 4 heteroatoms. The van der Waals surface area contributed by atoms with E-state index in [1.165, 1.54) is 5.01 Å². The summed E-state index contributed by atoms with van der Waals surface area (Å²) in [6.45, 7) is 0. The van der Waals surface area contributed by atoms with Gasteiger partial charge >= 0.3 is 0 Å². The Hall–Kier alpha value is -1.42. The zero-order chi connectivity index (χ0) is 9.68. The van der Waals surface area contributed by atoms with Gasteiger partial charge in [-0.05, 0) is 17.8 Å². The molecule has 1 aromatic carbocycles. The number of thiocarbonyl (C=S) groups is 1. The number of nitrogens with two attached hydrogens (primary N) is 1. The molecule has 0 radical (unpaired) electrons. The monoisotopic (exact) mass is 193 g/mol. The molecule has 0 aliphatic rings. The number of rotatable bonds is 2. The summed E-state index contributed by atoms with van der Waals surface area (Å²) < 4.78 is 0. The zero-order valence-electron chi connectivity index (χ0n) is 7.34. The molecule has 68 valence electrons. The Bertz CT molecular complexity index is 308. The molecule has 0 spiro atoms. The van der Waals surface area contributed by atoms with Crippen LogP contribution in [0.1, 0.15) is 5.56 Å². The molecule has 1 aromatic rings. The number of hydrazone groups is 1. The average Bonchev–Trinajstić information content (AvgIpc) is 2.15. The Balaban J connectivity index is 2.64. The van der Waals surface area contributed by atoms with Crippen LogP contribution < -0.4 is 5.73 Å². The first-order valence-corrected chi connectivity index (χ1v) is 4.23. The highest BCUT2D eigenvalue weighted by Crippen LogP contribution is 1.94. The predicted octanol–water partition coefficient (Wildman–Crippen LogP) is 1.20. The van der Waals surface area contributed by atoms with E-state index in [2.05, 4.69) is 5.10 Å². The van der Waals surface area contributed by atoms with Crippen molar-refractivity contribution in [2.45, 2.75) is 0 Å². The van der Waals surface area contributed by atoms with E-state index in [1.54, 1.807) is 13.3 Å². The van der Waals surface area contributed by atoms with E-state index in [-0.39, 0.29) is 5.11 Å². The number of hydrogen-bond donors (Lipinski definition) is 1. The first-order valence-electron chi connectivity index (χ1n) is 3.82. The molecule has 0 atom stereocenters. The van der Waals surface area contributed by atoms with Crippen molar-refractivity contribution in [3.8, 4) is 0 Å². The van der Waals surface area contributed by atoms with E-state index < -0.39 is 0 Å². The van der Waals surface area contributed by atoms with Crippen LogP contribution in [0.4, 0.5) is 0 Å². The lowest BCUT2D eigenvalue weighted by molar-refractivity contribution is 0.552. The molecule has 0 aliphatic heterocycles. The summed E-state index contributed by atoms with van der Waals surface area (Å²) in [6, 6.07) is 9.76. The van der Waals surface area contributed by atoms with E-state index in [4.69, 9.17) is 18.0 Å². The molecule has 0 amide bonds. The first-order chi connectivity index (χ1) is 6.20. The normalized spacial score (nSPS) is 10.2. The van der Waals surface area contributed by atoms with Crippen LogP contribution in [0.25, 0.3) is 0 Å². The lowest BCUT2D eigenvalue weighted by atomic mass is 10.2. The Labute approximate surface area is 82.9 Å². The molecule has 3 nitrogen and oxygen atoms in total. The molecule has 0 aromatic heterocycles. The van der Waals surface area contributed by atoms with Crippen molar-refractivity contribution in [2.75, 3.05) is 7.05 Å². The SMILES string of the molecule is CN(/N=C/c1ccccc1)C(N)=S. The Morgan fingerprint density at radius 2 is 2.08 bits per heavy atom. The molecule has 0 heterocycles. The zero-order valence-corrected chi connectivity index (χ0v) is 8.16. The fourth-order valence-corrected chi connectivity index (χ4v) is 0.796. The highest BCUT2D eigenvalue weighted by Gasteiger charge is 1.92. The van der Waals surface area contributed by atoms with Crippen molar-refractivity contribution >= 4 is 23.5 Å². The quantitative estimate of drug-likeness (QED) is 0.436. The van der Waals surface area contributed by atoms with E-state index in [1.807, 2.05) is 30.3 Å². The van der Waals surface area contributed by atoms with Crippen LogP contribution in [0, 0.1) is 0 Å². The van der Waals surface area contributed by atoms with Gasteiger partial charge < -0.3 is 5.73 Å². The largest absolute Gasteiger partial charge is 0.375 e. The summed E-state index contributed by atoms with van der Waals surface area (Å²) in [5, 5.41) is 5.74. The van der Waals surface area contributed by atoms with Crippen LogP contribution in [0.15, 0.2) is 35.4 Å². The average molecular weight is 193 g/mol. The molecular weight excluding hydrogens is 182 g/mol. The molecule has 0 aliphatic carbocycles. The van der Waals surface area contributed by atoms with Gasteiger partial charge in [-0.15, -0.1) is 0 Å². The maximum Gasteiger partial charge on any atom is 0.186 e. The fourth-order valence-electron chi connectivity index (χ4n) is 0.749. The molecule has 0 saturated carbocycles. The summed E-state index contributed by atoms with van der Waals surface area (Å²) in [4.78, 5) is 0. The third-order valence-corrected chi connectivity index (χ3v) is 1.76. The fraction of sp³-hybridized carbons (Fsp3) is 0.111. The second kappa shape index (κ2) is 4.57. The van der Waals surface area contributed by atoms with Gasteiger partial charge in [0.25, 0.3) is 0 Å². The third-order valence-electron chi connectivity index (χ3n) is 1.50. The van der Waals surface area contributed by atoms with E-state index in [0.29, 0.717) is 0 Å².